The van der Waals surface area contributed by atoms with E-state index in [0.717, 1.165) is 12.1 Å². The summed E-state index contributed by atoms with van der Waals surface area (Å²) in [6.07, 6.45) is -4.15. The van der Waals surface area contributed by atoms with E-state index in [1.807, 2.05) is 0 Å². The second-order valence-electron chi connectivity index (χ2n) is 3.91. The smallest absolute Gasteiger partial charge is 0.419 e. The van der Waals surface area contributed by atoms with Gasteiger partial charge in [0.2, 0.25) is 11.3 Å². The Hall–Kier alpha value is -2.65. The lowest BCUT2D eigenvalue weighted by Gasteiger charge is -2.04. The fourth-order valence-electron chi connectivity index (χ4n) is 1.71. The first-order chi connectivity index (χ1) is 9.75. The topological polar surface area (TPSA) is 86.7 Å². The van der Waals surface area contributed by atoms with Crippen molar-refractivity contribution in [3.63, 3.8) is 0 Å². The van der Waals surface area contributed by atoms with Crippen LogP contribution in [0.5, 0.6) is 0 Å². The van der Waals surface area contributed by atoms with Crippen LogP contribution in [0.3, 0.4) is 0 Å². The van der Waals surface area contributed by atoms with E-state index < -0.39 is 34.1 Å². The molecule has 0 saturated heterocycles. The molecule has 0 aliphatic carbocycles. The van der Waals surface area contributed by atoms with E-state index >= 15 is 0 Å². The quantitative estimate of drug-likeness (QED) is 0.494. The maximum absolute atomic E-state index is 12.6. The van der Waals surface area contributed by atoms with E-state index in [1.54, 1.807) is 0 Å². The van der Waals surface area contributed by atoms with Crippen molar-refractivity contribution in [1.82, 2.24) is 9.38 Å². The maximum atomic E-state index is 12.6. The largest absolute Gasteiger partial charge is 0.461 e. The highest BCUT2D eigenvalue weighted by Gasteiger charge is 2.35. The molecule has 2 rings (SSSR count). The molecule has 2 aromatic heterocycles. The molecule has 0 radical (unpaired) electrons. The standard InChI is InChI=1S/C11H8F3N3O4/c1-2-21-10(18)8-9(17(19)20)16-5-6(11(12,13)14)3-4-7(16)15-8/h3-5H,2H2,1H3. The van der Waals surface area contributed by atoms with Crippen molar-refractivity contribution >= 4 is 17.4 Å². The van der Waals surface area contributed by atoms with Crippen molar-refractivity contribution in [2.24, 2.45) is 0 Å². The number of ether oxygens (including phenoxy) is 1. The molecule has 0 unspecified atom stereocenters. The van der Waals surface area contributed by atoms with Gasteiger partial charge in [0.25, 0.3) is 0 Å². The van der Waals surface area contributed by atoms with Gasteiger partial charge in [0.1, 0.15) is 6.20 Å². The van der Waals surface area contributed by atoms with Gasteiger partial charge >= 0.3 is 18.0 Å². The van der Waals surface area contributed by atoms with Gasteiger partial charge in [-0.1, -0.05) is 0 Å². The predicted molar refractivity (Wildman–Crippen MR) is 62.8 cm³/mol. The summed E-state index contributed by atoms with van der Waals surface area (Å²) in [6.45, 7) is 1.44. The van der Waals surface area contributed by atoms with Crippen LogP contribution >= 0.6 is 0 Å². The van der Waals surface area contributed by atoms with Crippen LogP contribution in [0.15, 0.2) is 18.3 Å². The number of rotatable bonds is 3. The maximum Gasteiger partial charge on any atom is 0.419 e. The molecule has 112 valence electrons. The molecule has 2 aromatic rings. The number of pyridine rings is 1. The van der Waals surface area contributed by atoms with Gasteiger partial charge in [-0.3, -0.25) is 0 Å². The van der Waals surface area contributed by atoms with Crippen molar-refractivity contribution < 1.29 is 27.6 Å². The molecule has 0 N–H and O–H groups in total. The van der Waals surface area contributed by atoms with Crippen LogP contribution < -0.4 is 0 Å². The number of nitro groups is 1. The Morgan fingerprint density at radius 3 is 2.67 bits per heavy atom. The van der Waals surface area contributed by atoms with Gasteiger partial charge in [0.05, 0.1) is 12.2 Å². The number of imidazole rings is 1. The van der Waals surface area contributed by atoms with Gasteiger partial charge < -0.3 is 14.9 Å². The highest BCUT2D eigenvalue weighted by molar-refractivity contribution is 5.92. The minimum Gasteiger partial charge on any atom is -0.461 e. The molecule has 0 aliphatic heterocycles. The number of fused-ring (bicyclic) bond motifs is 1. The van der Waals surface area contributed by atoms with Crippen molar-refractivity contribution in [1.29, 1.82) is 0 Å². The summed E-state index contributed by atoms with van der Waals surface area (Å²) in [5.74, 6) is -1.93. The fraction of sp³-hybridized carbons (Fsp3) is 0.273. The fourth-order valence-corrected chi connectivity index (χ4v) is 1.71. The van der Waals surface area contributed by atoms with Crippen LogP contribution in [-0.2, 0) is 10.9 Å². The molecule has 0 amide bonds. The molecule has 0 bridgehead atoms. The van der Waals surface area contributed by atoms with Gasteiger partial charge in [-0.25, -0.2) is 4.79 Å². The first kappa shape index (κ1) is 14.8. The van der Waals surface area contributed by atoms with Crippen molar-refractivity contribution in [2.45, 2.75) is 13.1 Å². The van der Waals surface area contributed by atoms with E-state index in [2.05, 4.69) is 9.72 Å². The Morgan fingerprint density at radius 2 is 2.14 bits per heavy atom. The molecule has 0 aromatic carbocycles. The second kappa shape index (κ2) is 5.04. The van der Waals surface area contributed by atoms with E-state index in [-0.39, 0.29) is 12.3 Å². The average Bonchev–Trinajstić information content (AvgIpc) is 2.76. The molecular formula is C11H8F3N3O4. The molecule has 2 heterocycles. The third kappa shape index (κ3) is 2.64. The Bertz CT molecular complexity index is 723. The highest BCUT2D eigenvalue weighted by atomic mass is 19.4. The zero-order chi connectivity index (χ0) is 15.8. The van der Waals surface area contributed by atoms with Crippen LogP contribution in [0.4, 0.5) is 19.0 Å². The lowest BCUT2D eigenvalue weighted by molar-refractivity contribution is -0.390. The molecule has 10 heteroatoms. The van der Waals surface area contributed by atoms with Crippen molar-refractivity contribution in [3.05, 3.63) is 39.7 Å². The SMILES string of the molecule is CCOC(=O)c1nc2ccc(C(F)(F)F)cn2c1[N+](=O)[O-]. The number of halogens is 3. The number of alkyl halides is 3. The summed E-state index contributed by atoms with van der Waals surface area (Å²) in [7, 11) is 0. The normalized spacial score (nSPS) is 11.6. The van der Waals surface area contributed by atoms with Crippen molar-refractivity contribution in [3.8, 4) is 0 Å². The number of hydrogen-bond donors (Lipinski definition) is 0. The minimum absolute atomic E-state index is 0.0440. The van der Waals surface area contributed by atoms with Crippen LogP contribution in [-0.4, -0.2) is 26.9 Å². The van der Waals surface area contributed by atoms with Crippen LogP contribution in [0, 0.1) is 10.1 Å². The number of nitrogens with zero attached hydrogens (tertiary/aromatic N) is 3. The Labute approximate surface area is 115 Å². The third-order valence-electron chi connectivity index (χ3n) is 2.56. The van der Waals surface area contributed by atoms with Gasteiger partial charge in [0, 0.05) is 6.07 Å². The zero-order valence-corrected chi connectivity index (χ0v) is 10.5. The third-order valence-corrected chi connectivity index (χ3v) is 2.56. The molecule has 7 nitrogen and oxygen atoms in total. The van der Waals surface area contributed by atoms with Gasteiger partial charge in [0.15, 0.2) is 0 Å². The summed E-state index contributed by atoms with van der Waals surface area (Å²) in [5.41, 5.74) is -1.88. The number of carbonyl (C=O) groups is 1. The molecule has 0 fully saturated rings. The van der Waals surface area contributed by atoms with Crippen LogP contribution in [0.25, 0.3) is 5.65 Å². The zero-order valence-electron chi connectivity index (χ0n) is 10.5. The van der Waals surface area contributed by atoms with Crippen LogP contribution in [0.2, 0.25) is 0 Å². The average molecular weight is 303 g/mol. The van der Waals surface area contributed by atoms with E-state index in [9.17, 15) is 28.1 Å². The molecule has 0 aliphatic rings. The molecule has 21 heavy (non-hydrogen) atoms. The first-order valence-corrected chi connectivity index (χ1v) is 5.66. The molecule has 0 spiro atoms. The number of carbonyl (C=O) groups excluding carboxylic acids is 1. The van der Waals surface area contributed by atoms with Gasteiger partial charge in [-0.15, -0.1) is 0 Å². The Kier molecular flexibility index (Phi) is 3.54. The summed E-state index contributed by atoms with van der Waals surface area (Å²) < 4.78 is 43.1. The molecule has 0 saturated carbocycles. The predicted octanol–water partition coefficient (Wildman–Crippen LogP) is 2.44. The van der Waals surface area contributed by atoms with E-state index in [4.69, 9.17) is 0 Å². The Morgan fingerprint density at radius 1 is 1.48 bits per heavy atom. The molecular weight excluding hydrogens is 295 g/mol. The summed E-state index contributed by atoms with van der Waals surface area (Å²) >= 11 is 0. The van der Waals surface area contributed by atoms with Gasteiger partial charge in [-0.05, 0) is 17.9 Å². The van der Waals surface area contributed by atoms with Crippen LogP contribution in [0.1, 0.15) is 23.0 Å². The Balaban J connectivity index is 2.70. The number of esters is 1. The summed E-state index contributed by atoms with van der Waals surface area (Å²) in [6, 6.07) is 1.67. The number of hydrogen-bond acceptors (Lipinski definition) is 5. The highest BCUT2D eigenvalue weighted by Crippen LogP contribution is 2.31. The van der Waals surface area contributed by atoms with E-state index in [0.29, 0.717) is 10.6 Å². The first-order valence-electron chi connectivity index (χ1n) is 5.66. The van der Waals surface area contributed by atoms with E-state index in [1.165, 1.54) is 6.92 Å². The second-order valence-corrected chi connectivity index (χ2v) is 3.91. The van der Waals surface area contributed by atoms with Crippen molar-refractivity contribution in [2.75, 3.05) is 6.61 Å². The minimum atomic E-state index is -4.67. The molecule has 0 atom stereocenters. The monoisotopic (exact) mass is 303 g/mol. The summed E-state index contributed by atoms with van der Waals surface area (Å²) in [4.78, 5) is 25.3. The van der Waals surface area contributed by atoms with Gasteiger partial charge in [-0.2, -0.15) is 22.6 Å². The lowest BCUT2D eigenvalue weighted by Crippen LogP contribution is -2.09. The number of aromatic nitrogens is 2. The summed E-state index contributed by atoms with van der Waals surface area (Å²) in [5, 5.41) is 11.0. The lowest BCUT2D eigenvalue weighted by atomic mass is 10.3.